The second-order valence-corrected chi connectivity index (χ2v) is 26.7. The molecule has 514 valence electrons. The van der Waals surface area contributed by atoms with Gasteiger partial charge in [0.1, 0.15) is 0 Å². The number of aryl methyl sites for hydroxylation is 2. The molecular formula is C90H91N3O8. The molecule has 11 aromatic carbocycles. The van der Waals surface area contributed by atoms with Gasteiger partial charge >= 0.3 is 0 Å². The van der Waals surface area contributed by atoms with Crippen molar-refractivity contribution in [3.63, 3.8) is 0 Å². The second-order valence-electron chi connectivity index (χ2n) is 26.7. The molecule has 0 atom stereocenters. The van der Waals surface area contributed by atoms with Gasteiger partial charge in [-0.1, -0.05) is 157 Å². The smallest absolute Gasteiger partial charge is 0.0700 e. The summed E-state index contributed by atoms with van der Waals surface area (Å²) in [4.78, 5) is 4.81. The lowest BCUT2D eigenvalue weighted by Gasteiger charge is -2.35. The van der Waals surface area contributed by atoms with Gasteiger partial charge in [-0.25, -0.2) is 0 Å². The Balaban J connectivity index is 0.870. The van der Waals surface area contributed by atoms with Crippen LogP contribution in [0, 0.1) is 13.8 Å². The van der Waals surface area contributed by atoms with E-state index in [-0.39, 0.29) is 0 Å². The van der Waals surface area contributed by atoms with Gasteiger partial charge in [0, 0.05) is 116 Å². The Labute approximate surface area is 595 Å². The van der Waals surface area contributed by atoms with Crippen molar-refractivity contribution in [2.45, 2.75) is 50.4 Å². The molecule has 0 spiro atoms. The Bertz CT molecular complexity index is 4620. The van der Waals surface area contributed by atoms with E-state index in [1.165, 1.54) is 77.5 Å². The predicted octanol–water partition coefficient (Wildman–Crippen LogP) is 20.4. The van der Waals surface area contributed by atoms with E-state index in [9.17, 15) is 0 Å². The molecule has 0 unspecified atom stereocenters. The summed E-state index contributed by atoms with van der Waals surface area (Å²) < 4.78 is 49.9. The van der Waals surface area contributed by atoms with Gasteiger partial charge in [-0.15, -0.1) is 0 Å². The number of anilines is 6. The highest BCUT2D eigenvalue weighted by Gasteiger charge is 2.45. The number of hydrogen-bond acceptors (Lipinski definition) is 10. The van der Waals surface area contributed by atoms with E-state index in [0.717, 1.165) is 87.7 Å². The molecular weight excluding hydrogens is 1250 g/mol. The van der Waals surface area contributed by atoms with Crippen LogP contribution in [0.5, 0.6) is 0 Å². The number of rotatable bonds is 33. The number of benzene rings is 11. The Morgan fingerprint density at radius 1 is 0.277 bits per heavy atom. The molecule has 0 N–H and O–H groups in total. The van der Waals surface area contributed by atoms with Crippen molar-refractivity contribution in [3.8, 4) is 50.2 Å². The van der Waals surface area contributed by atoms with E-state index in [1.54, 1.807) is 28.4 Å². The van der Waals surface area contributed by atoms with Crippen LogP contribution >= 0.6 is 0 Å². The van der Waals surface area contributed by atoms with Crippen LogP contribution in [0.1, 0.15) is 59.1 Å². The molecule has 2 aliphatic rings. The minimum Gasteiger partial charge on any atom is -0.382 e. The van der Waals surface area contributed by atoms with Crippen LogP contribution < -0.4 is 9.80 Å². The van der Waals surface area contributed by atoms with Gasteiger partial charge in [0.05, 0.1) is 63.9 Å². The molecule has 0 fully saturated rings. The first-order valence-electron chi connectivity index (χ1n) is 35.6. The molecule has 0 saturated carbocycles. The number of para-hydroxylation sites is 2. The van der Waals surface area contributed by atoms with E-state index in [2.05, 4.69) is 277 Å². The molecule has 0 radical (unpaired) electrons. The highest BCUT2D eigenvalue weighted by atomic mass is 16.5. The molecule has 12 aromatic rings. The molecule has 11 nitrogen and oxygen atoms in total. The molecule has 0 saturated heterocycles. The topological polar surface area (TPSA) is 85.3 Å². The van der Waals surface area contributed by atoms with Crippen molar-refractivity contribution in [3.05, 3.63) is 282 Å². The minimum absolute atomic E-state index is 0.425. The van der Waals surface area contributed by atoms with Crippen LogP contribution in [0.4, 0.5) is 34.1 Å². The Kier molecular flexibility index (Phi) is 21.5. The van der Waals surface area contributed by atoms with Crippen molar-refractivity contribution in [2.24, 2.45) is 0 Å². The monoisotopic (exact) mass is 1340 g/mol. The fourth-order valence-electron chi connectivity index (χ4n) is 15.7. The maximum absolute atomic E-state index is 6.41. The summed E-state index contributed by atoms with van der Waals surface area (Å²) in [6.45, 7) is 10.8. The maximum atomic E-state index is 6.41. The Morgan fingerprint density at radius 3 is 1.16 bits per heavy atom. The Morgan fingerprint density at radius 2 is 0.644 bits per heavy atom. The van der Waals surface area contributed by atoms with Crippen LogP contribution in [-0.2, 0) is 48.7 Å². The van der Waals surface area contributed by atoms with E-state index in [1.807, 2.05) is 0 Å². The zero-order chi connectivity index (χ0) is 69.1. The molecule has 101 heavy (non-hydrogen) atoms. The summed E-state index contributed by atoms with van der Waals surface area (Å²) in [5.41, 5.74) is 26.1. The largest absolute Gasteiger partial charge is 0.382 e. The highest BCUT2D eigenvalue weighted by Crippen LogP contribution is 2.57. The molecule has 11 heteroatoms. The second kappa shape index (κ2) is 31.6. The zero-order valence-electron chi connectivity index (χ0n) is 59.1. The number of aromatic nitrogens is 1. The van der Waals surface area contributed by atoms with Gasteiger partial charge in [-0.2, -0.15) is 0 Å². The van der Waals surface area contributed by atoms with E-state index in [0.29, 0.717) is 79.3 Å². The first kappa shape index (κ1) is 68.6. The SMILES string of the molecule is COCCOCCC1(CCOCCOC)c2cc(C)ccc2-c2ccc(N(c3ccc(-c4ccc5c(c4)c4ccccc4n5-c4ccc(N(c5ccccc5)c5cccc(-c6ccccc6)c5)cc4)cc3)c3ccc4c(c3)C(CCOCCOC)(CCOCCOC)c3cc(C)ccc3-4)cc21. The van der Waals surface area contributed by atoms with Gasteiger partial charge in [0.25, 0.3) is 0 Å². The molecule has 0 bridgehead atoms. The first-order valence-corrected chi connectivity index (χ1v) is 35.6. The fourth-order valence-corrected chi connectivity index (χ4v) is 15.7. The third-order valence-corrected chi connectivity index (χ3v) is 20.7. The number of ether oxygens (including phenoxy) is 8. The van der Waals surface area contributed by atoms with Gasteiger partial charge in [0.15, 0.2) is 0 Å². The van der Waals surface area contributed by atoms with Crippen molar-refractivity contribution >= 4 is 55.9 Å². The third-order valence-electron chi connectivity index (χ3n) is 20.7. The molecule has 1 heterocycles. The standard InChI is InChI=1S/C90H91N3O8/c1-64-24-37-77-79-39-35-75(62-85(79)89(83(77)58-64,42-46-98-54-50-94-3)43-47-99-55-51-95-4)92(76-36-40-80-78-38-25-65(2)59-84(78)90(86(80)63-76,44-48-100-56-52-96-5)45-49-101-57-53-97-6)71-29-26-67(27-30-71)69-28-41-88-82(61-69)81-22-13-14-23-87(81)93(88)73-33-31-72(32-34-73)91(70-19-11-8-12-20-70)74-21-15-18-68(60-74)66-16-9-7-10-17-66/h7-41,58-63H,42-57H2,1-6H3. The van der Waals surface area contributed by atoms with E-state index < -0.39 is 10.8 Å². The van der Waals surface area contributed by atoms with Crippen LogP contribution in [-0.4, -0.2) is 112 Å². The summed E-state index contributed by atoms with van der Waals surface area (Å²) >= 11 is 0. The molecule has 14 rings (SSSR count). The predicted molar refractivity (Wildman–Crippen MR) is 412 cm³/mol. The third kappa shape index (κ3) is 14.1. The van der Waals surface area contributed by atoms with E-state index in [4.69, 9.17) is 37.9 Å². The van der Waals surface area contributed by atoms with Crippen molar-refractivity contribution < 1.29 is 37.9 Å². The van der Waals surface area contributed by atoms with Gasteiger partial charge in [-0.3, -0.25) is 0 Å². The molecule has 1 aromatic heterocycles. The highest BCUT2D eigenvalue weighted by molar-refractivity contribution is 6.10. The summed E-state index contributed by atoms with van der Waals surface area (Å²) in [5.74, 6) is 0. The average Bonchev–Trinajstić information content (AvgIpc) is 1.58. The van der Waals surface area contributed by atoms with E-state index >= 15 is 0 Å². The zero-order valence-corrected chi connectivity index (χ0v) is 59.1. The fraction of sp³-hybridized carbons (Fsp3) is 0.267. The first-order chi connectivity index (χ1) is 49.7. The summed E-state index contributed by atoms with van der Waals surface area (Å²) in [5, 5.41) is 2.38. The number of hydrogen-bond donors (Lipinski definition) is 0. The van der Waals surface area contributed by atoms with Crippen LogP contribution in [0.3, 0.4) is 0 Å². The molecule has 0 aliphatic heterocycles. The minimum atomic E-state index is -0.425. The molecule has 2 aliphatic carbocycles. The quantitative estimate of drug-likeness (QED) is 0.0371. The normalized spacial score (nSPS) is 13.2. The lowest BCUT2D eigenvalue weighted by atomic mass is 9.72. The molecule has 0 amide bonds. The van der Waals surface area contributed by atoms with Crippen LogP contribution in [0.15, 0.2) is 249 Å². The maximum Gasteiger partial charge on any atom is 0.0700 e. The van der Waals surface area contributed by atoms with Gasteiger partial charge < -0.3 is 52.3 Å². The van der Waals surface area contributed by atoms with Crippen molar-refractivity contribution in [1.82, 2.24) is 4.57 Å². The lowest BCUT2D eigenvalue weighted by Crippen LogP contribution is -2.30. The van der Waals surface area contributed by atoms with Gasteiger partial charge in [0.2, 0.25) is 0 Å². The Hall–Kier alpha value is -9.50. The van der Waals surface area contributed by atoms with Gasteiger partial charge in [-0.05, 0) is 209 Å². The van der Waals surface area contributed by atoms with Crippen LogP contribution in [0.2, 0.25) is 0 Å². The van der Waals surface area contributed by atoms with Crippen LogP contribution in [0.25, 0.3) is 72.0 Å². The summed E-state index contributed by atoms with van der Waals surface area (Å²) in [6.07, 6.45) is 3.05. The lowest BCUT2D eigenvalue weighted by molar-refractivity contribution is 0.0490. The summed E-state index contributed by atoms with van der Waals surface area (Å²) in [7, 11) is 6.90. The number of methoxy groups -OCH3 is 4. The average molecular weight is 1340 g/mol. The summed E-state index contributed by atoms with van der Waals surface area (Å²) in [6, 6.07) is 92.2. The van der Waals surface area contributed by atoms with Crippen molar-refractivity contribution in [1.29, 1.82) is 0 Å². The van der Waals surface area contributed by atoms with Crippen molar-refractivity contribution in [2.75, 3.05) is 118 Å². The number of nitrogens with zero attached hydrogens (tertiary/aromatic N) is 3. The number of fused-ring (bicyclic) bond motifs is 9.